The fourth-order valence-corrected chi connectivity index (χ4v) is 4.09. The predicted molar refractivity (Wildman–Crippen MR) is 127 cm³/mol. The number of hydrogen-bond acceptors (Lipinski definition) is 7. The van der Waals surface area contributed by atoms with Gasteiger partial charge in [-0.3, -0.25) is 4.90 Å². The van der Waals surface area contributed by atoms with Crippen LogP contribution in [0.3, 0.4) is 0 Å². The number of methoxy groups -OCH3 is 3. The summed E-state index contributed by atoms with van der Waals surface area (Å²) < 4.78 is 35.7. The molecule has 0 radical (unpaired) electrons. The van der Waals surface area contributed by atoms with Crippen molar-refractivity contribution in [2.45, 2.75) is 26.3 Å². The second-order valence-corrected chi connectivity index (χ2v) is 7.92. The molecule has 0 saturated carbocycles. The third-order valence-corrected chi connectivity index (χ3v) is 5.85. The molecule has 10 heteroatoms. The number of rotatable bonds is 8. The maximum Gasteiger partial charge on any atom is 0.322 e. The van der Waals surface area contributed by atoms with Gasteiger partial charge in [-0.25, -0.2) is 9.18 Å². The zero-order chi connectivity index (χ0) is 25.1. The smallest absolute Gasteiger partial charge is 0.322 e. The molecule has 2 heterocycles. The highest BCUT2D eigenvalue weighted by atomic mass is 19.1. The summed E-state index contributed by atoms with van der Waals surface area (Å²) in [7, 11) is 4.50. The van der Waals surface area contributed by atoms with Gasteiger partial charge in [0.25, 0.3) is 5.89 Å². The minimum atomic E-state index is -0.587. The van der Waals surface area contributed by atoms with Crippen molar-refractivity contribution in [3.8, 4) is 28.6 Å². The van der Waals surface area contributed by atoms with Crippen LogP contribution in [0.15, 0.2) is 46.6 Å². The molecule has 0 spiro atoms. The van der Waals surface area contributed by atoms with Gasteiger partial charge < -0.3 is 24.1 Å². The molecule has 184 valence electrons. The van der Waals surface area contributed by atoms with Crippen molar-refractivity contribution in [2.24, 2.45) is 0 Å². The summed E-state index contributed by atoms with van der Waals surface area (Å²) in [5.41, 5.74) is 2.51. The Balaban J connectivity index is 1.81. The van der Waals surface area contributed by atoms with E-state index in [1.807, 2.05) is 19.9 Å². The van der Waals surface area contributed by atoms with Gasteiger partial charge in [-0.15, -0.1) is 0 Å². The molecule has 1 aromatic heterocycles. The lowest BCUT2D eigenvalue weighted by atomic mass is 9.94. The van der Waals surface area contributed by atoms with Crippen LogP contribution in [0.25, 0.3) is 17.0 Å². The number of allylic oxidation sites excluding steroid dienone is 1. The highest BCUT2D eigenvalue weighted by molar-refractivity contribution is 5.87. The fraction of sp³-hybridized carbons (Fsp3) is 0.320. The number of nitrogens with one attached hydrogen (secondary N) is 1. The Hall–Kier alpha value is -4.08. The van der Waals surface area contributed by atoms with Crippen molar-refractivity contribution < 1.29 is 27.9 Å². The Labute approximate surface area is 202 Å². The molecule has 0 fully saturated rings. The van der Waals surface area contributed by atoms with Crippen molar-refractivity contribution in [1.29, 1.82) is 0 Å². The van der Waals surface area contributed by atoms with E-state index in [9.17, 15) is 9.18 Å². The molecule has 2 amide bonds. The summed E-state index contributed by atoms with van der Waals surface area (Å²) in [5.74, 6) is 1.10. The molecule has 0 saturated heterocycles. The van der Waals surface area contributed by atoms with Gasteiger partial charge in [-0.05, 0) is 49.2 Å². The summed E-state index contributed by atoms with van der Waals surface area (Å²) in [6.45, 7) is 4.35. The highest BCUT2D eigenvalue weighted by Gasteiger charge is 2.36. The first-order chi connectivity index (χ1) is 16.9. The maximum absolute atomic E-state index is 14.3. The average Bonchev–Trinajstić information content (AvgIpc) is 3.35. The molecule has 1 atom stereocenters. The van der Waals surface area contributed by atoms with Gasteiger partial charge in [0.15, 0.2) is 23.1 Å². The van der Waals surface area contributed by atoms with Crippen molar-refractivity contribution >= 4 is 11.6 Å². The highest BCUT2D eigenvalue weighted by Crippen LogP contribution is 2.40. The molecule has 9 nitrogen and oxygen atoms in total. The van der Waals surface area contributed by atoms with Crippen LogP contribution in [0.2, 0.25) is 0 Å². The number of ether oxygens (including phenoxy) is 3. The standard InChI is InChI=1S/C25H27FN4O5/c1-6-11-30-14(2)21(22(27-25(30)31)15-7-10-19(33-4)20(13-15)34-5)24-28-23(29-35-24)16-8-9-18(32-3)17(26)12-16/h7-10,12-13,22H,6,11H2,1-5H3,(H,27,31). The van der Waals surface area contributed by atoms with E-state index >= 15 is 0 Å². The van der Waals surface area contributed by atoms with E-state index in [2.05, 4.69) is 15.5 Å². The lowest BCUT2D eigenvalue weighted by Crippen LogP contribution is -2.46. The Bertz CT molecular complexity index is 1270. The van der Waals surface area contributed by atoms with Crippen LogP contribution in [0.5, 0.6) is 17.2 Å². The summed E-state index contributed by atoms with van der Waals surface area (Å²) in [6.07, 6.45) is 0.763. The van der Waals surface area contributed by atoms with Crippen molar-refractivity contribution in [3.63, 3.8) is 0 Å². The second-order valence-electron chi connectivity index (χ2n) is 7.92. The summed E-state index contributed by atoms with van der Waals surface area (Å²) in [5, 5.41) is 7.11. The molecule has 1 N–H and O–H groups in total. The van der Waals surface area contributed by atoms with E-state index in [1.165, 1.54) is 19.2 Å². The largest absolute Gasteiger partial charge is 0.494 e. The zero-order valence-electron chi connectivity index (χ0n) is 20.2. The monoisotopic (exact) mass is 482 g/mol. The van der Waals surface area contributed by atoms with E-state index < -0.39 is 11.9 Å². The third-order valence-electron chi connectivity index (χ3n) is 5.85. The number of nitrogens with zero attached hydrogens (tertiary/aromatic N) is 3. The van der Waals surface area contributed by atoms with Gasteiger partial charge in [0.1, 0.15) is 0 Å². The third kappa shape index (κ3) is 4.51. The van der Waals surface area contributed by atoms with Gasteiger partial charge in [0.2, 0.25) is 5.82 Å². The number of carbonyl (C=O) groups is 1. The number of carbonyl (C=O) groups excluding carboxylic acids is 1. The number of amides is 2. The minimum absolute atomic E-state index is 0.120. The molecule has 1 aliphatic heterocycles. The molecule has 4 rings (SSSR count). The van der Waals surface area contributed by atoms with Gasteiger partial charge in [0.05, 0.1) is 32.9 Å². The molecule has 3 aromatic rings. The lowest BCUT2D eigenvalue weighted by Gasteiger charge is -2.35. The van der Waals surface area contributed by atoms with Crippen LogP contribution in [0.1, 0.15) is 37.8 Å². The number of benzene rings is 2. The lowest BCUT2D eigenvalue weighted by molar-refractivity contribution is 0.205. The first-order valence-corrected chi connectivity index (χ1v) is 11.1. The molecule has 0 aliphatic carbocycles. The number of hydrogen-bond donors (Lipinski definition) is 1. The first kappa shape index (κ1) is 24.1. The Morgan fingerprint density at radius 2 is 1.77 bits per heavy atom. The van der Waals surface area contributed by atoms with Crippen LogP contribution in [0, 0.1) is 5.82 Å². The van der Waals surface area contributed by atoms with Crippen LogP contribution >= 0.6 is 0 Å². The van der Waals surface area contributed by atoms with Crippen LogP contribution in [0.4, 0.5) is 9.18 Å². The number of halogens is 1. The normalized spacial score (nSPS) is 15.8. The summed E-state index contributed by atoms with van der Waals surface area (Å²) in [6, 6.07) is 9.02. The van der Waals surface area contributed by atoms with Crippen molar-refractivity contribution in [3.05, 3.63) is 59.4 Å². The Morgan fingerprint density at radius 1 is 1.06 bits per heavy atom. The summed E-state index contributed by atoms with van der Waals surface area (Å²) >= 11 is 0. The van der Waals surface area contributed by atoms with Crippen LogP contribution in [-0.4, -0.2) is 48.9 Å². The van der Waals surface area contributed by atoms with E-state index in [1.54, 1.807) is 37.3 Å². The van der Waals surface area contributed by atoms with Crippen molar-refractivity contribution in [2.75, 3.05) is 27.9 Å². The topological polar surface area (TPSA) is 99.0 Å². The first-order valence-electron chi connectivity index (χ1n) is 11.1. The second kappa shape index (κ2) is 10.0. The van der Waals surface area contributed by atoms with E-state index in [-0.39, 0.29) is 23.5 Å². The molecular weight excluding hydrogens is 455 g/mol. The average molecular weight is 483 g/mol. The molecule has 1 unspecified atom stereocenters. The predicted octanol–water partition coefficient (Wildman–Crippen LogP) is 4.81. The van der Waals surface area contributed by atoms with Crippen LogP contribution < -0.4 is 19.5 Å². The Morgan fingerprint density at radius 3 is 2.43 bits per heavy atom. The molecule has 35 heavy (non-hydrogen) atoms. The number of urea groups is 1. The minimum Gasteiger partial charge on any atom is -0.494 e. The van der Waals surface area contributed by atoms with E-state index in [0.717, 1.165) is 12.0 Å². The molecule has 1 aliphatic rings. The van der Waals surface area contributed by atoms with Crippen LogP contribution in [-0.2, 0) is 0 Å². The summed E-state index contributed by atoms with van der Waals surface area (Å²) in [4.78, 5) is 19.2. The molecule has 0 bridgehead atoms. The van der Waals surface area contributed by atoms with Gasteiger partial charge in [-0.2, -0.15) is 4.98 Å². The van der Waals surface area contributed by atoms with Gasteiger partial charge >= 0.3 is 6.03 Å². The van der Waals surface area contributed by atoms with E-state index in [0.29, 0.717) is 34.9 Å². The maximum atomic E-state index is 14.3. The molecule has 2 aromatic carbocycles. The zero-order valence-corrected chi connectivity index (χ0v) is 20.2. The SMILES string of the molecule is CCCN1C(=O)NC(c2ccc(OC)c(OC)c2)C(c2nc(-c3ccc(OC)c(F)c3)no2)=C1C. The van der Waals surface area contributed by atoms with Gasteiger partial charge in [0, 0.05) is 17.8 Å². The number of aromatic nitrogens is 2. The molecular formula is C25H27FN4O5. The quantitative estimate of drug-likeness (QED) is 0.492. The van der Waals surface area contributed by atoms with Gasteiger partial charge in [-0.1, -0.05) is 18.1 Å². The Kier molecular flexibility index (Phi) is 6.90. The van der Waals surface area contributed by atoms with E-state index in [4.69, 9.17) is 18.7 Å². The fourth-order valence-electron chi connectivity index (χ4n) is 4.09. The van der Waals surface area contributed by atoms with Crippen molar-refractivity contribution in [1.82, 2.24) is 20.4 Å².